The molecule has 0 unspecified atom stereocenters. The summed E-state index contributed by atoms with van der Waals surface area (Å²) >= 11 is 2.02. The highest BCUT2D eigenvalue weighted by Crippen LogP contribution is 2.22. The van der Waals surface area contributed by atoms with Crippen molar-refractivity contribution in [3.05, 3.63) is 22.7 Å². The van der Waals surface area contributed by atoms with Crippen LogP contribution in [0.5, 0.6) is 0 Å². The molecule has 1 saturated heterocycles. The third-order valence-electron chi connectivity index (χ3n) is 2.92. The highest BCUT2D eigenvalue weighted by molar-refractivity contribution is 7.99. The summed E-state index contributed by atoms with van der Waals surface area (Å²) in [6, 6.07) is 0. The molecule has 5 heteroatoms. The molecule has 0 amide bonds. The number of rotatable bonds is 3. The summed E-state index contributed by atoms with van der Waals surface area (Å²) in [5.41, 5.74) is -0.0484. The third-order valence-corrected chi connectivity index (χ3v) is 3.96. The fraction of sp³-hybridized carbons (Fsp3) is 0.636. The van der Waals surface area contributed by atoms with Crippen LogP contribution in [-0.4, -0.2) is 27.6 Å². The van der Waals surface area contributed by atoms with Crippen molar-refractivity contribution in [2.45, 2.75) is 12.8 Å². The van der Waals surface area contributed by atoms with Gasteiger partial charge in [-0.05, 0) is 30.3 Å². The number of aromatic nitrogens is 2. The van der Waals surface area contributed by atoms with Crippen LogP contribution in [0.25, 0.3) is 0 Å². The van der Waals surface area contributed by atoms with E-state index in [0.29, 0.717) is 11.7 Å². The molecule has 0 atom stereocenters. The molecule has 1 fully saturated rings. The van der Waals surface area contributed by atoms with Crippen LogP contribution in [0.3, 0.4) is 0 Å². The first-order valence-electron chi connectivity index (χ1n) is 5.60. The largest absolute Gasteiger partial charge is 0.365 e. The summed E-state index contributed by atoms with van der Waals surface area (Å²) in [6.07, 6.45) is 5.81. The van der Waals surface area contributed by atoms with Crippen molar-refractivity contribution >= 4 is 17.6 Å². The van der Waals surface area contributed by atoms with E-state index in [1.54, 1.807) is 24.0 Å². The molecule has 0 bridgehead atoms. The quantitative estimate of drug-likeness (QED) is 0.864. The van der Waals surface area contributed by atoms with E-state index in [1.165, 1.54) is 24.3 Å². The van der Waals surface area contributed by atoms with Crippen LogP contribution < -0.4 is 10.9 Å². The summed E-state index contributed by atoms with van der Waals surface area (Å²) in [7, 11) is 1.74. The van der Waals surface area contributed by atoms with Crippen molar-refractivity contribution in [1.29, 1.82) is 0 Å². The van der Waals surface area contributed by atoms with Crippen molar-refractivity contribution in [3.8, 4) is 0 Å². The van der Waals surface area contributed by atoms with Gasteiger partial charge < -0.3 is 9.88 Å². The topological polar surface area (TPSA) is 46.9 Å². The first-order valence-corrected chi connectivity index (χ1v) is 6.76. The van der Waals surface area contributed by atoms with Crippen LogP contribution in [0.2, 0.25) is 0 Å². The monoisotopic (exact) mass is 239 g/mol. The Bertz CT molecular complexity index is 398. The number of thioether (sulfide) groups is 1. The van der Waals surface area contributed by atoms with E-state index in [-0.39, 0.29) is 5.56 Å². The number of hydrogen-bond acceptors (Lipinski definition) is 4. The van der Waals surface area contributed by atoms with Crippen molar-refractivity contribution in [2.75, 3.05) is 23.4 Å². The summed E-state index contributed by atoms with van der Waals surface area (Å²) in [5.74, 6) is 3.65. The fourth-order valence-electron chi connectivity index (χ4n) is 1.81. The van der Waals surface area contributed by atoms with Crippen LogP contribution in [0.1, 0.15) is 12.8 Å². The Balaban J connectivity index is 1.94. The minimum Gasteiger partial charge on any atom is -0.365 e. The van der Waals surface area contributed by atoms with Crippen molar-refractivity contribution in [2.24, 2.45) is 13.0 Å². The van der Waals surface area contributed by atoms with Crippen molar-refractivity contribution in [1.82, 2.24) is 9.55 Å². The van der Waals surface area contributed by atoms with E-state index in [0.717, 1.165) is 6.54 Å². The predicted molar refractivity (Wildman–Crippen MR) is 68.0 cm³/mol. The maximum atomic E-state index is 11.7. The SMILES string of the molecule is Cn1ccnc(NCC2CCSCC2)c1=O. The maximum absolute atomic E-state index is 11.7. The molecule has 0 aliphatic carbocycles. The third kappa shape index (κ3) is 2.78. The van der Waals surface area contributed by atoms with Gasteiger partial charge in [0.25, 0.3) is 5.56 Å². The van der Waals surface area contributed by atoms with Crippen molar-refractivity contribution in [3.63, 3.8) is 0 Å². The van der Waals surface area contributed by atoms with Crippen molar-refractivity contribution < 1.29 is 0 Å². The molecule has 4 nitrogen and oxygen atoms in total. The van der Waals surface area contributed by atoms with Gasteiger partial charge in [0.05, 0.1) is 0 Å². The molecule has 1 aliphatic rings. The zero-order chi connectivity index (χ0) is 11.4. The smallest absolute Gasteiger partial charge is 0.293 e. The fourth-order valence-corrected chi connectivity index (χ4v) is 3.01. The van der Waals surface area contributed by atoms with Crippen LogP contribution >= 0.6 is 11.8 Å². The Labute approximate surface area is 99.5 Å². The van der Waals surface area contributed by atoms with Gasteiger partial charge in [-0.15, -0.1) is 0 Å². The maximum Gasteiger partial charge on any atom is 0.293 e. The second-order valence-corrected chi connectivity index (χ2v) is 5.35. The van der Waals surface area contributed by atoms with E-state index in [4.69, 9.17) is 0 Å². The molecule has 0 aromatic carbocycles. The van der Waals surface area contributed by atoms with E-state index < -0.39 is 0 Å². The van der Waals surface area contributed by atoms with Gasteiger partial charge in [0.1, 0.15) is 0 Å². The Hall–Kier alpha value is -0.970. The number of nitrogens with one attached hydrogen (secondary N) is 1. The Kier molecular flexibility index (Phi) is 3.88. The molecule has 0 spiro atoms. The normalized spacial score (nSPS) is 17.3. The Morgan fingerprint density at radius 2 is 2.31 bits per heavy atom. The molecule has 0 radical (unpaired) electrons. The molecular formula is C11H17N3OS. The average Bonchev–Trinajstić information content (AvgIpc) is 2.32. The first kappa shape index (κ1) is 11.5. The molecule has 1 aromatic rings. The van der Waals surface area contributed by atoms with Gasteiger partial charge in [-0.3, -0.25) is 4.79 Å². The predicted octanol–water partition coefficient (Wildman–Crippen LogP) is 1.34. The van der Waals surface area contributed by atoms with Gasteiger partial charge >= 0.3 is 0 Å². The number of nitrogens with zero attached hydrogens (tertiary/aromatic N) is 2. The molecule has 16 heavy (non-hydrogen) atoms. The highest BCUT2D eigenvalue weighted by atomic mass is 32.2. The van der Waals surface area contributed by atoms with Gasteiger partial charge in [0.15, 0.2) is 5.82 Å². The molecule has 2 rings (SSSR count). The summed E-state index contributed by atoms with van der Waals surface area (Å²) in [5, 5.41) is 3.17. The second-order valence-electron chi connectivity index (χ2n) is 4.13. The first-order chi connectivity index (χ1) is 7.77. The number of aryl methyl sites for hydroxylation is 1. The summed E-state index contributed by atoms with van der Waals surface area (Å²) < 4.78 is 1.55. The van der Waals surface area contributed by atoms with Crippen LogP contribution in [-0.2, 0) is 7.05 Å². The lowest BCUT2D eigenvalue weighted by atomic mass is 10.0. The van der Waals surface area contributed by atoms with E-state index >= 15 is 0 Å². The lowest BCUT2D eigenvalue weighted by Gasteiger charge is -2.21. The van der Waals surface area contributed by atoms with E-state index in [9.17, 15) is 4.79 Å². The Morgan fingerprint density at radius 3 is 3.06 bits per heavy atom. The zero-order valence-electron chi connectivity index (χ0n) is 9.48. The molecule has 0 saturated carbocycles. The van der Waals surface area contributed by atoms with Gasteiger partial charge in [-0.2, -0.15) is 11.8 Å². The molecule has 2 heterocycles. The summed E-state index contributed by atoms with van der Waals surface area (Å²) in [4.78, 5) is 15.7. The second kappa shape index (κ2) is 5.39. The lowest BCUT2D eigenvalue weighted by Crippen LogP contribution is -2.26. The van der Waals surface area contributed by atoms with Crippen LogP contribution in [0.15, 0.2) is 17.2 Å². The molecule has 1 aromatic heterocycles. The minimum atomic E-state index is -0.0484. The van der Waals surface area contributed by atoms with E-state index in [2.05, 4.69) is 10.3 Å². The number of hydrogen-bond donors (Lipinski definition) is 1. The van der Waals surface area contributed by atoms with Gasteiger partial charge in [0.2, 0.25) is 0 Å². The van der Waals surface area contributed by atoms with Gasteiger partial charge in [-0.25, -0.2) is 4.98 Å². The summed E-state index contributed by atoms with van der Waals surface area (Å²) in [6.45, 7) is 0.868. The van der Waals surface area contributed by atoms with E-state index in [1.807, 2.05) is 11.8 Å². The van der Waals surface area contributed by atoms with Crippen LogP contribution in [0.4, 0.5) is 5.82 Å². The lowest BCUT2D eigenvalue weighted by molar-refractivity contribution is 0.515. The highest BCUT2D eigenvalue weighted by Gasteiger charge is 2.14. The molecule has 1 aliphatic heterocycles. The molecule has 1 N–H and O–H groups in total. The average molecular weight is 239 g/mol. The zero-order valence-corrected chi connectivity index (χ0v) is 10.3. The van der Waals surface area contributed by atoms with Gasteiger partial charge in [-0.1, -0.05) is 0 Å². The molecular weight excluding hydrogens is 222 g/mol. The Morgan fingerprint density at radius 1 is 1.56 bits per heavy atom. The number of anilines is 1. The van der Waals surface area contributed by atoms with Gasteiger partial charge in [0, 0.05) is 26.0 Å². The van der Waals surface area contributed by atoms with Crippen LogP contribution in [0, 0.1) is 5.92 Å². The standard InChI is InChI=1S/C11H17N3OS/c1-14-5-4-12-10(11(14)15)13-8-9-2-6-16-7-3-9/h4-5,9H,2-3,6-8H2,1H3,(H,12,13). The molecule has 88 valence electrons. The minimum absolute atomic E-state index is 0.0484.